The molecular weight excluding hydrogens is 507 g/mol. The lowest BCUT2D eigenvalue weighted by Crippen LogP contribution is -2.61. The Morgan fingerprint density at radius 3 is 2.44 bits per heavy atom. The van der Waals surface area contributed by atoms with E-state index in [4.69, 9.17) is 49.0 Å². The van der Waals surface area contributed by atoms with Crippen LogP contribution in [0, 0.1) is 5.92 Å². The number of carbonyl (C=O) groups excluding carboxylic acids is 3. The van der Waals surface area contributed by atoms with Gasteiger partial charge in [0.25, 0.3) is 0 Å². The minimum Gasteiger partial charge on any atom is -0.460 e. The molecule has 1 aromatic rings. The van der Waals surface area contributed by atoms with E-state index in [2.05, 4.69) is 0 Å². The van der Waals surface area contributed by atoms with Gasteiger partial charge in [-0.25, -0.2) is 9.59 Å². The van der Waals surface area contributed by atoms with E-state index in [1.807, 2.05) is 35.2 Å². The van der Waals surface area contributed by atoms with Crippen LogP contribution in [0.15, 0.2) is 30.3 Å². The average Bonchev–Trinajstić information content (AvgIpc) is 3.19. The van der Waals surface area contributed by atoms with Crippen LogP contribution < -0.4 is 0 Å². The third-order valence-electron chi connectivity index (χ3n) is 6.27. The van der Waals surface area contributed by atoms with Gasteiger partial charge in [0.05, 0.1) is 0 Å². The standard InChI is InChI=1S/C23H28Cl3N2O6/c1-22(2,34-15-29)19(20(30)32-13-16-6-4-3-5-7-16)28-11-9-17-8-10-27(12-18(17)28)21(31)33-14-23(24,25)26/h3-7,17-19H,8-14H2,1-2H3/t17?,18?,19-/m1/s1. The van der Waals surface area contributed by atoms with Crippen molar-refractivity contribution in [2.24, 2.45) is 5.92 Å². The smallest absolute Gasteiger partial charge is 0.418 e. The van der Waals surface area contributed by atoms with E-state index in [1.165, 1.54) is 6.47 Å². The number of likely N-dealkylation sites (tertiary alicyclic amines) is 2. The summed E-state index contributed by atoms with van der Waals surface area (Å²) >= 11 is 17.1. The van der Waals surface area contributed by atoms with Gasteiger partial charge in [-0.05, 0) is 44.7 Å². The number of rotatable bonds is 8. The predicted octanol–water partition coefficient (Wildman–Crippen LogP) is 3.86. The third-order valence-corrected chi connectivity index (χ3v) is 6.59. The number of esters is 1. The maximum atomic E-state index is 13.3. The number of hydrogen-bond acceptors (Lipinski definition) is 7. The summed E-state index contributed by atoms with van der Waals surface area (Å²) in [5.74, 6) is -0.252. The molecule has 0 N–H and O–H groups in total. The Balaban J connectivity index is 1.75. The second-order valence-corrected chi connectivity index (χ2v) is 11.6. The zero-order valence-electron chi connectivity index (χ0n) is 19.0. The average molecular weight is 535 g/mol. The molecule has 3 atom stereocenters. The van der Waals surface area contributed by atoms with Crippen LogP contribution in [0.3, 0.4) is 0 Å². The number of alkyl halides is 3. The summed E-state index contributed by atoms with van der Waals surface area (Å²) in [6, 6.07) is 8.27. The maximum Gasteiger partial charge on any atom is 0.418 e. The van der Waals surface area contributed by atoms with Gasteiger partial charge < -0.3 is 19.1 Å². The summed E-state index contributed by atoms with van der Waals surface area (Å²) in [4.78, 5) is 40.5. The van der Waals surface area contributed by atoms with Gasteiger partial charge in [-0.15, -0.1) is 0 Å². The molecule has 2 aliphatic heterocycles. The Hall–Kier alpha value is -1.74. The van der Waals surface area contributed by atoms with E-state index in [0.717, 1.165) is 18.4 Å². The number of ether oxygens (including phenoxy) is 3. The zero-order valence-corrected chi connectivity index (χ0v) is 21.3. The van der Waals surface area contributed by atoms with Crippen molar-refractivity contribution in [3.63, 3.8) is 0 Å². The van der Waals surface area contributed by atoms with Crippen LogP contribution in [0.2, 0.25) is 0 Å². The molecule has 0 spiro atoms. The van der Waals surface area contributed by atoms with E-state index in [9.17, 15) is 14.4 Å². The van der Waals surface area contributed by atoms with Crippen LogP contribution in [0.5, 0.6) is 0 Å². The number of amides is 1. The van der Waals surface area contributed by atoms with Crippen molar-refractivity contribution >= 4 is 53.3 Å². The molecule has 0 bridgehead atoms. The number of halogens is 3. The van der Waals surface area contributed by atoms with Crippen molar-refractivity contribution in [3.8, 4) is 0 Å². The topological polar surface area (TPSA) is 85.4 Å². The first-order valence-corrected chi connectivity index (χ1v) is 12.1. The van der Waals surface area contributed by atoms with Crippen molar-refractivity contribution in [3.05, 3.63) is 35.9 Å². The molecule has 2 aliphatic rings. The molecule has 2 saturated heterocycles. The number of benzene rings is 1. The Bertz CT molecular complexity index is 864. The van der Waals surface area contributed by atoms with Crippen molar-refractivity contribution in [2.45, 2.75) is 54.8 Å². The summed E-state index contributed by atoms with van der Waals surface area (Å²) in [7, 11) is 0. The first-order chi connectivity index (χ1) is 16.0. The monoisotopic (exact) mass is 533 g/mol. The maximum absolute atomic E-state index is 13.3. The highest BCUT2D eigenvalue weighted by Gasteiger charge is 2.51. The van der Waals surface area contributed by atoms with Gasteiger partial charge in [0.15, 0.2) is 0 Å². The van der Waals surface area contributed by atoms with E-state index >= 15 is 0 Å². The molecule has 1 amide bonds. The van der Waals surface area contributed by atoms with Crippen molar-refractivity contribution < 1.29 is 28.6 Å². The van der Waals surface area contributed by atoms with Crippen LogP contribution in [0.25, 0.3) is 0 Å². The molecule has 8 nitrogen and oxygen atoms in total. The molecule has 187 valence electrons. The fourth-order valence-electron chi connectivity index (χ4n) is 4.68. The van der Waals surface area contributed by atoms with Crippen LogP contribution in [-0.2, 0) is 30.4 Å². The summed E-state index contributed by atoms with van der Waals surface area (Å²) < 4.78 is 14.3. The first-order valence-electron chi connectivity index (χ1n) is 11.0. The number of fused-ring (bicyclic) bond motifs is 1. The summed E-state index contributed by atoms with van der Waals surface area (Å²) in [5.41, 5.74) is -0.363. The molecule has 2 fully saturated rings. The molecule has 2 unspecified atom stereocenters. The number of nitrogens with zero attached hydrogens (tertiary/aromatic N) is 2. The minimum absolute atomic E-state index is 0.0917. The Kier molecular flexibility index (Phi) is 8.95. The van der Waals surface area contributed by atoms with Crippen LogP contribution in [0.1, 0.15) is 32.3 Å². The molecule has 1 radical (unpaired) electrons. The van der Waals surface area contributed by atoms with Crippen molar-refractivity contribution in [1.29, 1.82) is 0 Å². The van der Waals surface area contributed by atoms with Gasteiger partial charge in [-0.1, -0.05) is 65.1 Å². The Morgan fingerprint density at radius 2 is 1.79 bits per heavy atom. The molecule has 0 saturated carbocycles. The number of piperidine rings is 1. The largest absolute Gasteiger partial charge is 0.460 e. The zero-order chi connectivity index (χ0) is 24.9. The van der Waals surface area contributed by atoms with Crippen LogP contribution in [-0.4, -0.2) is 76.1 Å². The lowest BCUT2D eigenvalue weighted by Gasteiger charge is -2.43. The highest BCUT2D eigenvalue weighted by atomic mass is 35.6. The Labute approximate surface area is 214 Å². The molecule has 0 aliphatic carbocycles. The fourth-order valence-corrected chi connectivity index (χ4v) is 4.85. The van der Waals surface area contributed by atoms with Gasteiger partial charge in [-0.2, -0.15) is 0 Å². The number of carbonyl (C=O) groups is 2. The van der Waals surface area contributed by atoms with E-state index in [-0.39, 0.29) is 25.2 Å². The summed E-state index contributed by atoms with van der Waals surface area (Å²) in [6.07, 6.45) is 0.985. The van der Waals surface area contributed by atoms with E-state index in [1.54, 1.807) is 18.7 Å². The van der Waals surface area contributed by atoms with Crippen LogP contribution >= 0.6 is 34.8 Å². The van der Waals surface area contributed by atoms with Gasteiger partial charge in [-0.3, -0.25) is 9.69 Å². The molecule has 1 aromatic carbocycles. The van der Waals surface area contributed by atoms with E-state index < -0.39 is 27.5 Å². The highest BCUT2D eigenvalue weighted by molar-refractivity contribution is 6.67. The van der Waals surface area contributed by atoms with Gasteiger partial charge in [0.2, 0.25) is 3.79 Å². The van der Waals surface area contributed by atoms with Crippen molar-refractivity contribution in [2.75, 3.05) is 26.2 Å². The summed E-state index contributed by atoms with van der Waals surface area (Å²) in [5, 5.41) is 0. The third kappa shape index (κ3) is 6.90. The molecule has 3 rings (SSSR count). The van der Waals surface area contributed by atoms with Crippen LogP contribution in [0.4, 0.5) is 4.79 Å². The quantitative estimate of drug-likeness (QED) is 0.284. The minimum atomic E-state index is -1.70. The molecule has 0 aromatic heterocycles. The lowest BCUT2D eigenvalue weighted by molar-refractivity contribution is -0.161. The van der Waals surface area contributed by atoms with E-state index in [0.29, 0.717) is 19.6 Å². The lowest BCUT2D eigenvalue weighted by atomic mass is 9.90. The normalized spacial score (nSPS) is 22.0. The first kappa shape index (κ1) is 26.9. The highest BCUT2D eigenvalue weighted by Crippen LogP contribution is 2.37. The molecule has 34 heavy (non-hydrogen) atoms. The fraction of sp³-hybridized carbons (Fsp3) is 0.609. The second kappa shape index (κ2) is 11.3. The summed E-state index contributed by atoms with van der Waals surface area (Å²) in [6.45, 7) is 5.90. The van der Waals surface area contributed by atoms with Gasteiger partial charge in [0.1, 0.15) is 24.9 Å². The number of hydrogen-bond donors (Lipinski definition) is 0. The Morgan fingerprint density at radius 1 is 1.12 bits per heavy atom. The van der Waals surface area contributed by atoms with Gasteiger partial charge >= 0.3 is 18.5 Å². The SMILES string of the molecule is CC(C)(O[C]=O)[C@@H](C(=O)OCc1ccccc1)N1CCC2CCN(C(=O)OCC(Cl)(Cl)Cl)CC21. The molecule has 11 heteroatoms. The molecule has 2 heterocycles. The molecular formula is C23H28Cl3N2O6. The second-order valence-electron chi connectivity index (χ2n) is 9.04. The predicted molar refractivity (Wildman–Crippen MR) is 127 cm³/mol. The van der Waals surface area contributed by atoms with Gasteiger partial charge in [0, 0.05) is 19.1 Å². The van der Waals surface area contributed by atoms with Crippen molar-refractivity contribution in [1.82, 2.24) is 9.80 Å².